The second-order valence-corrected chi connectivity index (χ2v) is 4.79. The summed E-state index contributed by atoms with van der Waals surface area (Å²) in [6.07, 6.45) is 6.13. The van der Waals surface area contributed by atoms with Crippen LogP contribution in [0.4, 0.5) is 0 Å². The first-order valence-corrected chi connectivity index (χ1v) is 6.35. The van der Waals surface area contributed by atoms with Crippen molar-refractivity contribution in [2.24, 2.45) is 0 Å². The number of carbonyl (C=O) groups excluding carboxylic acids is 1. The summed E-state index contributed by atoms with van der Waals surface area (Å²) >= 11 is 0. The molecule has 4 nitrogen and oxygen atoms in total. The van der Waals surface area contributed by atoms with Crippen LogP contribution in [-0.4, -0.2) is 22.0 Å². The number of esters is 1. The summed E-state index contributed by atoms with van der Waals surface area (Å²) in [5, 5.41) is 0. The minimum absolute atomic E-state index is 0.257. The van der Waals surface area contributed by atoms with Gasteiger partial charge in [-0.2, -0.15) is 0 Å². The molecule has 1 aliphatic carbocycles. The van der Waals surface area contributed by atoms with Gasteiger partial charge in [-0.25, -0.2) is 9.78 Å². The van der Waals surface area contributed by atoms with E-state index in [0.717, 1.165) is 11.3 Å². The van der Waals surface area contributed by atoms with Crippen LogP contribution in [0.2, 0.25) is 0 Å². The van der Waals surface area contributed by atoms with Crippen LogP contribution in [0.3, 0.4) is 0 Å². The van der Waals surface area contributed by atoms with Crippen molar-refractivity contribution in [1.82, 2.24) is 9.38 Å². The number of hydrogen-bond acceptors (Lipinski definition) is 3. The number of aryl methyl sites for hydroxylation is 1. The van der Waals surface area contributed by atoms with E-state index in [1.54, 1.807) is 6.20 Å². The second-order valence-electron chi connectivity index (χ2n) is 4.79. The smallest absolute Gasteiger partial charge is 0.339 e. The number of carbonyl (C=O) groups is 1. The maximum Gasteiger partial charge on any atom is 0.339 e. The lowest BCUT2D eigenvalue weighted by Gasteiger charge is -2.06. The van der Waals surface area contributed by atoms with Gasteiger partial charge in [0.05, 0.1) is 17.9 Å². The minimum atomic E-state index is -0.257. The molecule has 2 aromatic rings. The van der Waals surface area contributed by atoms with Crippen molar-refractivity contribution in [2.45, 2.75) is 32.6 Å². The molecule has 0 aromatic carbocycles. The molecule has 1 fully saturated rings. The molecule has 2 heterocycles. The summed E-state index contributed by atoms with van der Waals surface area (Å²) < 4.78 is 7.01. The minimum Gasteiger partial charge on any atom is -0.462 e. The predicted octanol–water partition coefficient (Wildman–Crippen LogP) is 2.70. The molecule has 0 aliphatic heterocycles. The Morgan fingerprint density at radius 1 is 1.50 bits per heavy atom. The number of pyridine rings is 1. The van der Waals surface area contributed by atoms with Gasteiger partial charge in [0.1, 0.15) is 5.65 Å². The van der Waals surface area contributed by atoms with Crippen molar-refractivity contribution in [3.63, 3.8) is 0 Å². The first kappa shape index (κ1) is 11.3. The zero-order valence-corrected chi connectivity index (χ0v) is 10.6. The lowest BCUT2D eigenvalue weighted by molar-refractivity contribution is 0.0525. The van der Waals surface area contributed by atoms with Crippen molar-refractivity contribution in [3.8, 4) is 0 Å². The zero-order chi connectivity index (χ0) is 12.7. The molecular formula is C14H16N2O2. The average molecular weight is 244 g/mol. The number of fused-ring (bicyclic) bond motifs is 1. The third kappa shape index (κ3) is 1.88. The van der Waals surface area contributed by atoms with Crippen LogP contribution >= 0.6 is 0 Å². The zero-order valence-electron chi connectivity index (χ0n) is 10.6. The highest BCUT2D eigenvalue weighted by atomic mass is 16.5. The van der Waals surface area contributed by atoms with Crippen molar-refractivity contribution < 1.29 is 9.53 Å². The molecule has 0 atom stereocenters. The standard InChI is InChI=1S/C14H16N2O2/c1-3-18-14(17)11-6-12(10-4-5-10)13-15-9(2)7-16(13)8-11/h6-8,10H,3-5H2,1-2H3. The normalized spacial score (nSPS) is 15.0. The van der Waals surface area contributed by atoms with Crippen molar-refractivity contribution >= 4 is 11.6 Å². The van der Waals surface area contributed by atoms with Crippen molar-refractivity contribution in [2.75, 3.05) is 6.61 Å². The maximum absolute atomic E-state index is 11.8. The van der Waals surface area contributed by atoms with E-state index in [1.165, 1.54) is 18.4 Å². The van der Waals surface area contributed by atoms with Gasteiger partial charge < -0.3 is 9.14 Å². The fourth-order valence-corrected chi connectivity index (χ4v) is 2.27. The molecule has 1 aliphatic rings. The van der Waals surface area contributed by atoms with E-state index in [9.17, 15) is 4.79 Å². The molecule has 0 spiro atoms. The number of aromatic nitrogens is 2. The molecule has 0 amide bonds. The van der Waals surface area contributed by atoms with Gasteiger partial charge in [0.2, 0.25) is 0 Å². The average Bonchev–Trinajstić information content (AvgIpc) is 3.09. The van der Waals surface area contributed by atoms with E-state index in [-0.39, 0.29) is 5.97 Å². The molecule has 0 bridgehead atoms. The largest absolute Gasteiger partial charge is 0.462 e. The van der Waals surface area contributed by atoms with E-state index in [1.807, 2.05) is 30.5 Å². The summed E-state index contributed by atoms with van der Waals surface area (Å²) in [4.78, 5) is 16.4. The van der Waals surface area contributed by atoms with Gasteiger partial charge in [0.25, 0.3) is 0 Å². The monoisotopic (exact) mass is 244 g/mol. The fraction of sp³-hybridized carbons (Fsp3) is 0.429. The molecule has 94 valence electrons. The molecule has 0 radical (unpaired) electrons. The topological polar surface area (TPSA) is 43.6 Å². The first-order chi connectivity index (χ1) is 8.69. The van der Waals surface area contributed by atoms with Gasteiger partial charge in [0, 0.05) is 12.4 Å². The molecule has 0 N–H and O–H groups in total. The summed E-state index contributed by atoms with van der Waals surface area (Å²) in [6.45, 7) is 4.19. The molecule has 4 heteroatoms. The van der Waals surface area contributed by atoms with Gasteiger partial charge in [-0.15, -0.1) is 0 Å². The molecule has 0 unspecified atom stereocenters. The van der Waals surface area contributed by atoms with Crippen molar-refractivity contribution in [3.05, 3.63) is 35.3 Å². The number of rotatable bonds is 3. The summed E-state index contributed by atoms with van der Waals surface area (Å²) in [5.41, 5.74) is 3.73. The second kappa shape index (κ2) is 4.12. The lowest BCUT2D eigenvalue weighted by atomic mass is 10.1. The predicted molar refractivity (Wildman–Crippen MR) is 67.9 cm³/mol. The first-order valence-electron chi connectivity index (χ1n) is 6.35. The number of hydrogen-bond donors (Lipinski definition) is 0. The Balaban J connectivity index is 2.13. The molecule has 18 heavy (non-hydrogen) atoms. The number of ether oxygens (including phenoxy) is 1. The van der Waals surface area contributed by atoms with E-state index < -0.39 is 0 Å². The van der Waals surface area contributed by atoms with Crippen LogP contribution in [-0.2, 0) is 4.74 Å². The quantitative estimate of drug-likeness (QED) is 0.780. The van der Waals surface area contributed by atoms with Crippen LogP contribution in [0.15, 0.2) is 18.5 Å². The molecular weight excluding hydrogens is 228 g/mol. The fourth-order valence-electron chi connectivity index (χ4n) is 2.27. The Bertz CT molecular complexity index is 612. The highest BCUT2D eigenvalue weighted by molar-refractivity contribution is 5.90. The van der Waals surface area contributed by atoms with Crippen molar-refractivity contribution in [1.29, 1.82) is 0 Å². The van der Waals surface area contributed by atoms with Gasteiger partial charge in [-0.1, -0.05) is 0 Å². The highest BCUT2D eigenvalue weighted by Crippen LogP contribution is 2.42. The van der Waals surface area contributed by atoms with Crippen LogP contribution in [0, 0.1) is 6.92 Å². The van der Waals surface area contributed by atoms with Gasteiger partial charge in [-0.3, -0.25) is 0 Å². The Labute approximate surface area is 106 Å². The third-order valence-corrected chi connectivity index (χ3v) is 3.23. The Morgan fingerprint density at radius 2 is 2.28 bits per heavy atom. The maximum atomic E-state index is 11.8. The van der Waals surface area contributed by atoms with E-state index in [4.69, 9.17) is 4.74 Å². The molecule has 1 saturated carbocycles. The van der Waals surface area contributed by atoms with Gasteiger partial charge >= 0.3 is 5.97 Å². The summed E-state index contributed by atoms with van der Waals surface area (Å²) in [7, 11) is 0. The lowest BCUT2D eigenvalue weighted by Crippen LogP contribution is -2.07. The van der Waals surface area contributed by atoms with Gasteiger partial charge in [0.15, 0.2) is 0 Å². The third-order valence-electron chi connectivity index (χ3n) is 3.23. The van der Waals surface area contributed by atoms with E-state index in [2.05, 4.69) is 4.98 Å². The molecule has 2 aromatic heterocycles. The van der Waals surface area contributed by atoms with Crippen LogP contribution in [0.5, 0.6) is 0 Å². The Hall–Kier alpha value is -1.84. The summed E-state index contributed by atoms with van der Waals surface area (Å²) in [6, 6.07) is 1.94. The van der Waals surface area contributed by atoms with Crippen LogP contribution in [0.1, 0.15) is 47.3 Å². The van der Waals surface area contributed by atoms with Crippen LogP contribution < -0.4 is 0 Å². The van der Waals surface area contributed by atoms with E-state index in [0.29, 0.717) is 18.1 Å². The van der Waals surface area contributed by atoms with Crippen LogP contribution in [0.25, 0.3) is 5.65 Å². The number of nitrogens with zero attached hydrogens (tertiary/aromatic N) is 2. The Kier molecular flexibility index (Phi) is 2.58. The molecule has 3 rings (SSSR count). The Morgan fingerprint density at radius 3 is 2.94 bits per heavy atom. The van der Waals surface area contributed by atoms with Gasteiger partial charge in [-0.05, 0) is 44.2 Å². The number of imidazole rings is 1. The van der Waals surface area contributed by atoms with E-state index >= 15 is 0 Å². The highest BCUT2D eigenvalue weighted by Gasteiger charge is 2.28. The summed E-state index contributed by atoms with van der Waals surface area (Å²) in [5.74, 6) is 0.302. The molecule has 0 saturated heterocycles. The SMILES string of the molecule is CCOC(=O)c1cc(C2CC2)c2nc(C)cn2c1.